The number of urea groups is 1. The van der Waals surface area contributed by atoms with Gasteiger partial charge in [-0.1, -0.05) is 6.92 Å². The van der Waals surface area contributed by atoms with E-state index >= 15 is 0 Å². The Morgan fingerprint density at radius 2 is 1.62 bits per heavy atom. The van der Waals surface area contributed by atoms with Gasteiger partial charge in [0.15, 0.2) is 6.10 Å². The largest absolute Gasteiger partial charge is 0.449 e. The summed E-state index contributed by atoms with van der Waals surface area (Å²) in [5, 5.41) is 4.65. The van der Waals surface area contributed by atoms with Crippen LogP contribution in [-0.4, -0.2) is 44.0 Å². The summed E-state index contributed by atoms with van der Waals surface area (Å²) in [5.41, 5.74) is -0.456. The van der Waals surface area contributed by atoms with E-state index in [4.69, 9.17) is 4.74 Å². The maximum absolute atomic E-state index is 12.2. The molecule has 0 bridgehead atoms. The Hall–Kier alpha value is -2.46. The van der Waals surface area contributed by atoms with Crippen LogP contribution in [0.1, 0.15) is 58.3 Å². The first-order chi connectivity index (χ1) is 13.2. The second-order valence-corrected chi connectivity index (χ2v) is 9.41. The van der Waals surface area contributed by atoms with Gasteiger partial charge in [0.2, 0.25) is 10.0 Å². The fourth-order valence-corrected chi connectivity index (χ4v) is 3.38. The van der Waals surface area contributed by atoms with Crippen LogP contribution in [0.5, 0.6) is 0 Å². The highest BCUT2D eigenvalue weighted by molar-refractivity contribution is 7.89. The van der Waals surface area contributed by atoms with E-state index in [0.717, 1.165) is 0 Å². The number of hydrogen-bond acceptors (Lipinski definition) is 6. The minimum absolute atomic E-state index is 0.0130. The third-order valence-electron chi connectivity index (χ3n) is 3.75. The van der Waals surface area contributed by atoms with Gasteiger partial charge in [0, 0.05) is 11.6 Å². The maximum Gasteiger partial charge on any atom is 0.338 e. The molecule has 1 aromatic carbocycles. The van der Waals surface area contributed by atoms with Crippen molar-refractivity contribution in [1.82, 2.24) is 15.4 Å². The van der Waals surface area contributed by atoms with Gasteiger partial charge in [-0.05, 0) is 65.3 Å². The first kappa shape index (κ1) is 24.6. The first-order valence-corrected chi connectivity index (χ1v) is 10.7. The molecular formula is C19H29N3O6S. The van der Waals surface area contributed by atoms with Crippen molar-refractivity contribution in [3.63, 3.8) is 0 Å². The Morgan fingerprint density at radius 3 is 2.10 bits per heavy atom. The van der Waals surface area contributed by atoms with Gasteiger partial charge in [-0.25, -0.2) is 22.7 Å². The number of carbonyl (C=O) groups is 3. The number of amides is 3. The molecule has 0 spiro atoms. The summed E-state index contributed by atoms with van der Waals surface area (Å²) in [6, 6.07) is 4.23. The van der Waals surface area contributed by atoms with Gasteiger partial charge in [0.05, 0.1) is 10.5 Å². The number of sulfonamides is 1. The zero-order valence-corrected chi connectivity index (χ0v) is 18.3. The quantitative estimate of drug-likeness (QED) is 0.570. The lowest BCUT2D eigenvalue weighted by molar-refractivity contribution is -0.127. The topological polar surface area (TPSA) is 131 Å². The van der Waals surface area contributed by atoms with Gasteiger partial charge < -0.3 is 10.1 Å². The Morgan fingerprint density at radius 1 is 1.07 bits per heavy atom. The SMILES string of the molecule is CC[C@H](C)NS(=O)(=O)c1ccc(C(=O)O[C@@H](C)C(=O)NC(=O)NC(C)(C)C)cc1. The van der Waals surface area contributed by atoms with E-state index in [1.807, 2.05) is 6.92 Å². The number of benzene rings is 1. The highest BCUT2D eigenvalue weighted by atomic mass is 32.2. The minimum Gasteiger partial charge on any atom is -0.449 e. The average Bonchev–Trinajstić information content (AvgIpc) is 2.59. The molecule has 0 aliphatic carbocycles. The average molecular weight is 428 g/mol. The van der Waals surface area contributed by atoms with E-state index in [-0.39, 0.29) is 16.5 Å². The fraction of sp³-hybridized carbons (Fsp3) is 0.526. The van der Waals surface area contributed by atoms with Gasteiger partial charge in [0.1, 0.15) is 0 Å². The summed E-state index contributed by atoms with van der Waals surface area (Å²) in [5.74, 6) is -1.60. The predicted octanol–water partition coefficient (Wildman–Crippen LogP) is 1.93. The molecule has 0 unspecified atom stereocenters. The number of carbonyl (C=O) groups excluding carboxylic acids is 3. The van der Waals surface area contributed by atoms with Crippen LogP contribution < -0.4 is 15.4 Å². The van der Waals surface area contributed by atoms with E-state index < -0.39 is 39.6 Å². The van der Waals surface area contributed by atoms with E-state index in [2.05, 4.69) is 15.4 Å². The number of nitrogens with one attached hydrogen (secondary N) is 3. The molecule has 3 amide bonds. The van der Waals surface area contributed by atoms with Crippen molar-refractivity contribution in [2.45, 2.75) is 70.5 Å². The second kappa shape index (κ2) is 9.84. The van der Waals surface area contributed by atoms with Crippen molar-refractivity contribution in [3.8, 4) is 0 Å². The summed E-state index contributed by atoms with van der Waals surface area (Å²) >= 11 is 0. The molecule has 0 aromatic heterocycles. The van der Waals surface area contributed by atoms with Gasteiger partial charge in [-0.3, -0.25) is 10.1 Å². The van der Waals surface area contributed by atoms with Crippen LogP contribution >= 0.6 is 0 Å². The Labute approximate surface area is 171 Å². The molecule has 2 atom stereocenters. The van der Waals surface area contributed by atoms with Gasteiger partial charge in [0.25, 0.3) is 5.91 Å². The third kappa shape index (κ3) is 8.20. The van der Waals surface area contributed by atoms with E-state index in [1.165, 1.54) is 31.2 Å². The van der Waals surface area contributed by atoms with Crippen molar-refractivity contribution in [2.75, 3.05) is 0 Å². The van der Waals surface area contributed by atoms with Crippen LogP contribution in [-0.2, 0) is 19.6 Å². The standard InChI is InChI=1S/C19H29N3O6S/c1-7-12(2)22-29(26,27)15-10-8-14(9-11-15)17(24)28-13(3)16(23)20-18(25)21-19(4,5)6/h8-13,22H,7H2,1-6H3,(H2,20,21,23,25)/t12-,13-/m0/s1. The van der Waals surface area contributed by atoms with Crippen molar-refractivity contribution in [2.24, 2.45) is 0 Å². The molecule has 29 heavy (non-hydrogen) atoms. The molecule has 3 N–H and O–H groups in total. The Balaban J connectivity index is 2.73. The lowest BCUT2D eigenvalue weighted by Crippen LogP contribution is -2.50. The van der Waals surface area contributed by atoms with Crippen LogP contribution in [0, 0.1) is 0 Å². The van der Waals surface area contributed by atoms with Crippen molar-refractivity contribution in [1.29, 1.82) is 0 Å². The molecule has 1 rings (SSSR count). The monoisotopic (exact) mass is 427 g/mol. The summed E-state index contributed by atoms with van der Waals surface area (Å²) < 4.78 is 32.0. The number of imide groups is 1. The molecule has 0 aliphatic heterocycles. The molecule has 0 heterocycles. The zero-order valence-electron chi connectivity index (χ0n) is 17.5. The number of rotatable bonds is 7. The van der Waals surface area contributed by atoms with Crippen LogP contribution in [0.4, 0.5) is 4.79 Å². The number of ether oxygens (including phenoxy) is 1. The van der Waals surface area contributed by atoms with Crippen LogP contribution in [0.25, 0.3) is 0 Å². The van der Waals surface area contributed by atoms with Crippen LogP contribution in [0.15, 0.2) is 29.2 Å². The van der Waals surface area contributed by atoms with Crippen LogP contribution in [0.2, 0.25) is 0 Å². The lowest BCUT2D eigenvalue weighted by Gasteiger charge is -2.21. The number of esters is 1. The summed E-state index contributed by atoms with van der Waals surface area (Å²) in [7, 11) is -3.69. The highest BCUT2D eigenvalue weighted by Crippen LogP contribution is 2.13. The summed E-state index contributed by atoms with van der Waals surface area (Å²) in [4.78, 5) is 35.9. The van der Waals surface area contributed by atoms with E-state index in [1.54, 1.807) is 27.7 Å². The first-order valence-electron chi connectivity index (χ1n) is 9.21. The van der Waals surface area contributed by atoms with Crippen LogP contribution in [0.3, 0.4) is 0 Å². The fourth-order valence-electron chi connectivity index (χ4n) is 2.05. The molecule has 0 saturated carbocycles. The third-order valence-corrected chi connectivity index (χ3v) is 5.35. The minimum atomic E-state index is -3.69. The smallest absolute Gasteiger partial charge is 0.338 e. The normalized spacial score (nSPS) is 13.9. The molecule has 0 fully saturated rings. The molecule has 0 saturated heterocycles. The molecule has 1 aromatic rings. The second-order valence-electron chi connectivity index (χ2n) is 7.70. The molecule has 0 aliphatic rings. The summed E-state index contributed by atoms with van der Waals surface area (Å²) in [6.07, 6.45) is -0.583. The molecule has 9 nitrogen and oxygen atoms in total. The Kier molecular flexibility index (Phi) is 8.34. The molecule has 162 valence electrons. The molecular weight excluding hydrogens is 398 g/mol. The van der Waals surface area contributed by atoms with Crippen molar-refractivity contribution < 1.29 is 27.5 Å². The summed E-state index contributed by atoms with van der Waals surface area (Å²) in [6.45, 7) is 10.2. The maximum atomic E-state index is 12.2. The Bertz CT molecular complexity index is 844. The van der Waals surface area contributed by atoms with Gasteiger partial charge >= 0.3 is 12.0 Å². The van der Waals surface area contributed by atoms with Gasteiger partial charge in [-0.2, -0.15) is 0 Å². The predicted molar refractivity (Wildman–Crippen MR) is 108 cm³/mol. The van der Waals surface area contributed by atoms with E-state index in [0.29, 0.717) is 6.42 Å². The molecule has 0 radical (unpaired) electrons. The van der Waals surface area contributed by atoms with Crippen molar-refractivity contribution in [3.05, 3.63) is 29.8 Å². The van der Waals surface area contributed by atoms with Crippen molar-refractivity contribution >= 4 is 27.9 Å². The lowest BCUT2D eigenvalue weighted by atomic mass is 10.1. The molecule has 10 heteroatoms. The van der Waals surface area contributed by atoms with E-state index in [9.17, 15) is 22.8 Å². The zero-order chi connectivity index (χ0) is 22.4. The van der Waals surface area contributed by atoms with Gasteiger partial charge in [-0.15, -0.1) is 0 Å². The number of hydrogen-bond donors (Lipinski definition) is 3. The highest BCUT2D eigenvalue weighted by Gasteiger charge is 2.23.